The van der Waals surface area contributed by atoms with Gasteiger partial charge in [0.1, 0.15) is 0 Å². The lowest BCUT2D eigenvalue weighted by molar-refractivity contribution is 0.783. The van der Waals surface area contributed by atoms with Crippen molar-refractivity contribution in [1.29, 1.82) is 0 Å². The molecule has 2 heterocycles. The van der Waals surface area contributed by atoms with E-state index in [4.69, 9.17) is 4.99 Å². The number of aryl methyl sites for hydroxylation is 2. The maximum absolute atomic E-state index is 4.76. The van der Waals surface area contributed by atoms with Crippen LogP contribution in [0, 0.1) is 13.8 Å². The lowest BCUT2D eigenvalue weighted by Crippen LogP contribution is -2.37. The van der Waals surface area contributed by atoms with Gasteiger partial charge in [0.05, 0.1) is 23.6 Å². The molecule has 0 atom stereocenters. The number of hydrogen-bond acceptors (Lipinski definition) is 3. The molecular formula is C25H29N7. The summed E-state index contributed by atoms with van der Waals surface area (Å²) in [5.74, 6) is 0.784. The zero-order valence-corrected chi connectivity index (χ0v) is 18.8. The quantitative estimate of drug-likeness (QED) is 0.346. The van der Waals surface area contributed by atoms with Gasteiger partial charge in [0.25, 0.3) is 0 Å². The summed E-state index contributed by atoms with van der Waals surface area (Å²) in [6, 6.07) is 20.6. The van der Waals surface area contributed by atoms with Gasteiger partial charge in [-0.05, 0) is 62.2 Å². The first-order valence-corrected chi connectivity index (χ1v) is 10.9. The van der Waals surface area contributed by atoms with E-state index in [0.717, 1.165) is 46.4 Å². The predicted molar refractivity (Wildman–Crippen MR) is 128 cm³/mol. The molecule has 0 aliphatic heterocycles. The van der Waals surface area contributed by atoms with Gasteiger partial charge in [0.2, 0.25) is 0 Å². The van der Waals surface area contributed by atoms with E-state index in [1.165, 1.54) is 0 Å². The fourth-order valence-corrected chi connectivity index (χ4v) is 3.61. The molecule has 0 unspecified atom stereocenters. The van der Waals surface area contributed by atoms with E-state index in [9.17, 15) is 0 Å². The van der Waals surface area contributed by atoms with Gasteiger partial charge in [-0.15, -0.1) is 0 Å². The largest absolute Gasteiger partial charge is 0.357 e. The van der Waals surface area contributed by atoms with Crippen LogP contribution in [0.15, 0.2) is 78.0 Å². The average Bonchev–Trinajstić information content (AvgIpc) is 3.46. The normalized spacial score (nSPS) is 11.5. The van der Waals surface area contributed by atoms with Crippen LogP contribution in [0.25, 0.3) is 11.4 Å². The molecule has 2 N–H and O–H groups in total. The van der Waals surface area contributed by atoms with Crippen LogP contribution in [0.5, 0.6) is 0 Å². The molecular weight excluding hydrogens is 398 g/mol. The Bertz CT molecular complexity index is 1170. The number of benzene rings is 2. The highest BCUT2D eigenvalue weighted by Gasteiger charge is 2.09. The smallest absolute Gasteiger partial charge is 0.191 e. The van der Waals surface area contributed by atoms with Gasteiger partial charge in [0.15, 0.2) is 5.96 Å². The number of aliphatic imine (C=N–C) groups is 1. The highest BCUT2D eigenvalue weighted by atomic mass is 15.3. The van der Waals surface area contributed by atoms with E-state index in [1.807, 2.05) is 34.6 Å². The third-order valence-electron chi connectivity index (χ3n) is 5.14. The minimum absolute atomic E-state index is 0.591. The van der Waals surface area contributed by atoms with E-state index < -0.39 is 0 Å². The maximum Gasteiger partial charge on any atom is 0.191 e. The second kappa shape index (κ2) is 9.96. The Kier molecular flexibility index (Phi) is 6.65. The summed E-state index contributed by atoms with van der Waals surface area (Å²) in [5, 5.41) is 15.7. The molecule has 0 bridgehead atoms. The van der Waals surface area contributed by atoms with Crippen LogP contribution in [0.2, 0.25) is 0 Å². The van der Waals surface area contributed by atoms with Crippen LogP contribution < -0.4 is 10.6 Å². The molecule has 32 heavy (non-hydrogen) atoms. The number of hydrogen-bond donors (Lipinski definition) is 2. The van der Waals surface area contributed by atoms with Crippen LogP contribution in [0.1, 0.15) is 29.4 Å². The van der Waals surface area contributed by atoms with Crippen molar-refractivity contribution in [3.8, 4) is 11.4 Å². The zero-order chi connectivity index (χ0) is 22.3. The Morgan fingerprint density at radius 2 is 1.81 bits per heavy atom. The lowest BCUT2D eigenvalue weighted by Gasteiger charge is -2.15. The second-order valence-electron chi connectivity index (χ2n) is 7.63. The molecule has 4 aromatic rings. The van der Waals surface area contributed by atoms with Crippen molar-refractivity contribution in [3.63, 3.8) is 0 Å². The molecule has 0 aliphatic rings. The van der Waals surface area contributed by atoms with Crippen LogP contribution >= 0.6 is 0 Å². The third-order valence-corrected chi connectivity index (χ3v) is 5.14. The zero-order valence-electron chi connectivity index (χ0n) is 18.8. The van der Waals surface area contributed by atoms with Crippen molar-refractivity contribution in [2.75, 3.05) is 6.54 Å². The van der Waals surface area contributed by atoms with Crippen LogP contribution in [-0.4, -0.2) is 32.1 Å². The van der Waals surface area contributed by atoms with E-state index in [0.29, 0.717) is 13.1 Å². The number of para-hydroxylation sites is 1. The van der Waals surface area contributed by atoms with Crippen molar-refractivity contribution >= 4 is 5.96 Å². The third kappa shape index (κ3) is 5.06. The van der Waals surface area contributed by atoms with Crippen molar-refractivity contribution < 1.29 is 0 Å². The summed E-state index contributed by atoms with van der Waals surface area (Å²) in [6.07, 6.45) is 3.71. The minimum atomic E-state index is 0.591. The SMILES string of the molecule is CCNC(=NCc1ccc(-n2cccn2)cc1)NCc1ccccc1-n1nc(C)cc1C. The first-order valence-electron chi connectivity index (χ1n) is 10.9. The topological polar surface area (TPSA) is 72.1 Å². The molecule has 0 amide bonds. The summed E-state index contributed by atoms with van der Waals surface area (Å²) >= 11 is 0. The van der Waals surface area contributed by atoms with E-state index >= 15 is 0 Å². The molecule has 0 fully saturated rings. The van der Waals surface area contributed by atoms with Gasteiger partial charge in [-0.3, -0.25) is 0 Å². The first-order chi connectivity index (χ1) is 15.6. The second-order valence-corrected chi connectivity index (χ2v) is 7.63. The van der Waals surface area contributed by atoms with Gasteiger partial charge in [-0.1, -0.05) is 30.3 Å². The van der Waals surface area contributed by atoms with Crippen molar-refractivity contribution in [2.24, 2.45) is 4.99 Å². The standard InChI is InChI=1S/C25H29N7/c1-4-26-25(27-17-21-10-12-23(13-11-21)31-15-7-14-29-31)28-18-22-8-5-6-9-24(22)32-20(3)16-19(2)30-32/h5-16H,4,17-18H2,1-3H3,(H2,26,27,28). The Labute approximate surface area is 188 Å². The summed E-state index contributed by atoms with van der Waals surface area (Å²) in [5.41, 5.74) is 6.55. The molecule has 0 saturated carbocycles. The van der Waals surface area contributed by atoms with E-state index in [1.54, 1.807) is 6.20 Å². The average molecular weight is 428 g/mol. The van der Waals surface area contributed by atoms with E-state index in [-0.39, 0.29) is 0 Å². The fourth-order valence-electron chi connectivity index (χ4n) is 3.61. The molecule has 0 saturated heterocycles. The fraction of sp³-hybridized carbons (Fsp3) is 0.240. The van der Waals surface area contributed by atoms with Gasteiger partial charge < -0.3 is 10.6 Å². The minimum Gasteiger partial charge on any atom is -0.357 e. The maximum atomic E-state index is 4.76. The molecule has 0 radical (unpaired) electrons. The van der Waals surface area contributed by atoms with Crippen LogP contribution in [0.4, 0.5) is 0 Å². The highest BCUT2D eigenvalue weighted by molar-refractivity contribution is 5.79. The number of nitrogens with one attached hydrogen (secondary N) is 2. The molecule has 4 rings (SSSR count). The van der Waals surface area contributed by atoms with Gasteiger partial charge >= 0.3 is 0 Å². The summed E-state index contributed by atoms with van der Waals surface area (Å²) < 4.78 is 3.84. The number of rotatable bonds is 7. The Morgan fingerprint density at radius 1 is 1.00 bits per heavy atom. The molecule has 7 nitrogen and oxygen atoms in total. The molecule has 164 valence electrons. The van der Waals surface area contributed by atoms with Crippen LogP contribution in [0.3, 0.4) is 0 Å². The van der Waals surface area contributed by atoms with Gasteiger partial charge in [-0.2, -0.15) is 10.2 Å². The van der Waals surface area contributed by atoms with Crippen molar-refractivity contribution in [2.45, 2.75) is 33.9 Å². The number of aromatic nitrogens is 4. The van der Waals surface area contributed by atoms with Crippen LogP contribution in [-0.2, 0) is 13.1 Å². The monoisotopic (exact) mass is 427 g/mol. The van der Waals surface area contributed by atoms with E-state index in [2.05, 4.69) is 83.2 Å². The Balaban J connectivity index is 1.45. The Morgan fingerprint density at radius 3 is 2.50 bits per heavy atom. The van der Waals surface area contributed by atoms with Gasteiger partial charge in [0, 0.05) is 31.2 Å². The van der Waals surface area contributed by atoms with Crippen molar-refractivity contribution in [3.05, 3.63) is 95.6 Å². The predicted octanol–water partition coefficient (Wildman–Crippen LogP) is 3.93. The molecule has 7 heteroatoms. The Hall–Kier alpha value is -3.87. The highest BCUT2D eigenvalue weighted by Crippen LogP contribution is 2.17. The first kappa shape index (κ1) is 21.4. The lowest BCUT2D eigenvalue weighted by atomic mass is 10.1. The molecule has 2 aromatic carbocycles. The number of guanidine groups is 1. The molecule has 2 aromatic heterocycles. The summed E-state index contributed by atoms with van der Waals surface area (Å²) in [6.45, 7) is 8.20. The molecule has 0 aliphatic carbocycles. The summed E-state index contributed by atoms with van der Waals surface area (Å²) in [7, 11) is 0. The number of nitrogens with zero attached hydrogens (tertiary/aromatic N) is 5. The molecule has 0 spiro atoms. The van der Waals surface area contributed by atoms with Gasteiger partial charge in [-0.25, -0.2) is 14.4 Å². The summed E-state index contributed by atoms with van der Waals surface area (Å²) in [4.78, 5) is 4.76. The van der Waals surface area contributed by atoms with Crippen molar-refractivity contribution in [1.82, 2.24) is 30.2 Å².